The summed E-state index contributed by atoms with van der Waals surface area (Å²) in [7, 11) is 3.15. The van der Waals surface area contributed by atoms with Gasteiger partial charge in [0.1, 0.15) is 0 Å². The molecule has 1 heterocycles. The summed E-state index contributed by atoms with van der Waals surface area (Å²) in [5.74, 6) is 0.964. The average molecular weight is 352 g/mol. The Bertz CT molecular complexity index is 903. The van der Waals surface area contributed by atoms with Crippen LogP contribution in [-0.4, -0.2) is 35.1 Å². The van der Waals surface area contributed by atoms with Crippen LogP contribution in [0.3, 0.4) is 0 Å². The first-order valence-electron chi connectivity index (χ1n) is 8.09. The van der Waals surface area contributed by atoms with E-state index in [1.807, 2.05) is 43.3 Å². The number of nitrogens with one attached hydrogen (secondary N) is 1. The van der Waals surface area contributed by atoms with Gasteiger partial charge in [-0.25, -0.2) is 4.68 Å². The van der Waals surface area contributed by atoms with Crippen LogP contribution >= 0.6 is 0 Å². The van der Waals surface area contributed by atoms with E-state index in [4.69, 9.17) is 9.47 Å². The van der Waals surface area contributed by atoms with Crippen molar-refractivity contribution in [2.75, 3.05) is 14.2 Å². The molecule has 0 aliphatic rings. The van der Waals surface area contributed by atoms with Gasteiger partial charge in [-0.05, 0) is 36.8 Å². The van der Waals surface area contributed by atoms with E-state index in [0.717, 1.165) is 16.8 Å². The monoisotopic (exact) mass is 352 g/mol. The molecule has 1 N–H and O–H groups in total. The predicted octanol–water partition coefficient (Wildman–Crippen LogP) is 2.52. The summed E-state index contributed by atoms with van der Waals surface area (Å²) >= 11 is 0. The number of benzene rings is 2. The number of methoxy groups -OCH3 is 2. The number of amides is 1. The Balaban J connectivity index is 1.66. The van der Waals surface area contributed by atoms with Crippen molar-refractivity contribution in [1.82, 2.24) is 20.3 Å². The number of rotatable bonds is 6. The Morgan fingerprint density at radius 2 is 1.81 bits per heavy atom. The van der Waals surface area contributed by atoms with Gasteiger partial charge in [-0.2, -0.15) is 0 Å². The first-order chi connectivity index (χ1) is 12.6. The molecule has 0 radical (unpaired) electrons. The van der Waals surface area contributed by atoms with E-state index in [9.17, 15) is 4.79 Å². The number of hydrogen-bond donors (Lipinski definition) is 1. The van der Waals surface area contributed by atoms with Crippen LogP contribution in [0.15, 0.2) is 48.7 Å². The number of aromatic nitrogens is 3. The quantitative estimate of drug-likeness (QED) is 0.737. The van der Waals surface area contributed by atoms with Crippen molar-refractivity contribution in [1.29, 1.82) is 0 Å². The minimum Gasteiger partial charge on any atom is -0.493 e. The highest BCUT2D eigenvalue weighted by molar-refractivity contribution is 5.91. The minimum atomic E-state index is -0.293. The summed E-state index contributed by atoms with van der Waals surface area (Å²) in [4.78, 5) is 12.3. The molecule has 26 heavy (non-hydrogen) atoms. The van der Waals surface area contributed by atoms with Crippen LogP contribution in [0.25, 0.3) is 5.69 Å². The molecule has 7 heteroatoms. The van der Waals surface area contributed by atoms with Crippen LogP contribution in [0.5, 0.6) is 11.5 Å². The molecule has 1 amide bonds. The Morgan fingerprint density at radius 1 is 1.08 bits per heavy atom. The molecule has 2 aromatic carbocycles. The summed E-state index contributed by atoms with van der Waals surface area (Å²) < 4.78 is 12.0. The molecule has 0 aliphatic heterocycles. The van der Waals surface area contributed by atoms with Crippen molar-refractivity contribution in [3.05, 3.63) is 65.5 Å². The minimum absolute atomic E-state index is 0.256. The molecule has 134 valence electrons. The van der Waals surface area contributed by atoms with Crippen LogP contribution in [0, 0.1) is 6.92 Å². The highest BCUT2D eigenvalue weighted by atomic mass is 16.5. The zero-order valence-electron chi connectivity index (χ0n) is 14.9. The first kappa shape index (κ1) is 17.5. The molecular formula is C19H20N4O3. The van der Waals surface area contributed by atoms with Crippen LogP contribution < -0.4 is 14.8 Å². The fourth-order valence-electron chi connectivity index (χ4n) is 2.46. The summed E-state index contributed by atoms with van der Waals surface area (Å²) in [6.45, 7) is 2.36. The number of aryl methyl sites for hydroxylation is 1. The maximum atomic E-state index is 12.3. The maximum absolute atomic E-state index is 12.3. The van der Waals surface area contributed by atoms with Crippen LogP contribution in [0.1, 0.15) is 21.6 Å². The molecule has 0 spiro atoms. The van der Waals surface area contributed by atoms with Gasteiger partial charge in [0, 0.05) is 6.54 Å². The third-order valence-electron chi connectivity index (χ3n) is 3.93. The zero-order valence-corrected chi connectivity index (χ0v) is 14.9. The van der Waals surface area contributed by atoms with Gasteiger partial charge in [0.05, 0.1) is 26.1 Å². The van der Waals surface area contributed by atoms with Crippen LogP contribution in [0.4, 0.5) is 0 Å². The van der Waals surface area contributed by atoms with Crippen LogP contribution in [-0.2, 0) is 6.54 Å². The molecule has 0 unspecified atom stereocenters. The summed E-state index contributed by atoms with van der Waals surface area (Å²) in [6, 6.07) is 13.3. The standard InChI is InChI=1S/C19H20N4O3/c1-13-4-7-15(8-5-13)23-12-16(21-22-23)19(24)20-11-14-6-9-17(25-2)18(10-14)26-3/h4-10,12H,11H2,1-3H3,(H,20,24). The SMILES string of the molecule is COc1ccc(CNC(=O)c2cn(-c3ccc(C)cc3)nn2)cc1OC. The van der Waals surface area contributed by atoms with Gasteiger partial charge in [0.25, 0.3) is 5.91 Å². The smallest absolute Gasteiger partial charge is 0.273 e. The van der Waals surface area contributed by atoms with Gasteiger partial charge in [-0.1, -0.05) is 29.0 Å². The number of carbonyl (C=O) groups is 1. The van der Waals surface area contributed by atoms with Crippen LogP contribution in [0.2, 0.25) is 0 Å². The molecular weight excluding hydrogens is 332 g/mol. The lowest BCUT2D eigenvalue weighted by molar-refractivity contribution is 0.0946. The van der Waals surface area contributed by atoms with E-state index in [0.29, 0.717) is 18.0 Å². The van der Waals surface area contributed by atoms with Gasteiger partial charge in [0.2, 0.25) is 0 Å². The lowest BCUT2D eigenvalue weighted by Gasteiger charge is -2.09. The van der Waals surface area contributed by atoms with Gasteiger partial charge in [-0.3, -0.25) is 4.79 Å². The van der Waals surface area contributed by atoms with Crippen molar-refractivity contribution >= 4 is 5.91 Å². The first-order valence-corrected chi connectivity index (χ1v) is 8.09. The molecule has 0 fully saturated rings. The van der Waals surface area contributed by atoms with Crippen molar-refractivity contribution < 1.29 is 14.3 Å². The van der Waals surface area contributed by atoms with E-state index >= 15 is 0 Å². The average Bonchev–Trinajstić information content (AvgIpc) is 3.16. The number of carbonyl (C=O) groups excluding carboxylic acids is 1. The highest BCUT2D eigenvalue weighted by Gasteiger charge is 2.12. The topological polar surface area (TPSA) is 78.3 Å². The fraction of sp³-hybridized carbons (Fsp3) is 0.211. The molecule has 1 aromatic heterocycles. The Hall–Kier alpha value is -3.35. The second-order valence-electron chi connectivity index (χ2n) is 5.76. The summed E-state index contributed by atoms with van der Waals surface area (Å²) in [5, 5.41) is 10.8. The molecule has 0 atom stereocenters. The second kappa shape index (κ2) is 7.69. The third kappa shape index (κ3) is 3.83. The lowest BCUT2D eigenvalue weighted by atomic mass is 10.2. The maximum Gasteiger partial charge on any atom is 0.273 e. The van der Waals surface area contributed by atoms with E-state index in [1.54, 1.807) is 31.2 Å². The molecule has 7 nitrogen and oxygen atoms in total. The van der Waals surface area contributed by atoms with Gasteiger partial charge >= 0.3 is 0 Å². The second-order valence-corrected chi connectivity index (χ2v) is 5.76. The molecule has 3 aromatic rings. The Morgan fingerprint density at radius 3 is 2.50 bits per heavy atom. The number of nitrogens with zero attached hydrogens (tertiary/aromatic N) is 3. The number of hydrogen-bond acceptors (Lipinski definition) is 5. The summed E-state index contributed by atoms with van der Waals surface area (Å²) in [5.41, 5.74) is 3.15. The Kier molecular flexibility index (Phi) is 5.17. The van der Waals surface area contributed by atoms with Crippen molar-refractivity contribution in [2.24, 2.45) is 0 Å². The van der Waals surface area contributed by atoms with E-state index in [-0.39, 0.29) is 11.6 Å². The van der Waals surface area contributed by atoms with Crippen molar-refractivity contribution in [3.8, 4) is 17.2 Å². The van der Waals surface area contributed by atoms with E-state index in [1.165, 1.54) is 0 Å². The van der Waals surface area contributed by atoms with Gasteiger partial charge in [-0.15, -0.1) is 5.10 Å². The fourth-order valence-corrected chi connectivity index (χ4v) is 2.46. The lowest BCUT2D eigenvalue weighted by Crippen LogP contribution is -2.23. The van der Waals surface area contributed by atoms with E-state index < -0.39 is 0 Å². The molecule has 0 saturated carbocycles. The van der Waals surface area contributed by atoms with E-state index in [2.05, 4.69) is 15.6 Å². The van der Waals surface area contributed by atoms with Crippen molar-refractivity contribution in [2.45, 2.75) is 13.5 Å². The van der Waals surface area contributed by atoms with Gasteiger partial charge < -0.3 is 14.8 Å². The highest BCUT2D eigenvalue weighted by Crippen LogP contribution is 2.27. The molecule has 3 rings (SSSR count). The predicted molar refractivity (Wildman–Crippen MR) is 96.8 cm³/mol. The number of ether oxygens (including phenoxy) is 2. The molecule has 0 saturated heterocycles. The molecule has 0 bridgehead atoms. The normalized spacial score (nSPS) is 10.4. The Labute approximate surface area is 151 Å². The molecule has 0 aliphatic carbocycles. The zero-order chi connectivity index (χ0) is 18.5. The summed E-state index contributed by atoms with van der Waals surface area (Å²) in [6.07, 6.45) is 1.61. The largest absolute Gasteiger partial charge is 0.493 e. The third-order valence-corrected chi connectivity index (χ3v) is 3.93. The van der Waals surface area contributed by atoms with Gasteiger partial charge in [0.15, 0.2) is 17.2 Å². The van der Waals surface area contributed by atoms with Crippen molar-refractivity contribution in [3.63, 3.8) is 0 Å².